The number of rotatable bonds is 8. The summed E-state index contributed by atoms with van der Waals surface area (Å²) in [6.45, 7) is 1.79. The molecule has 0 atom stereocenters. The van der Waals surface area contributed by atoms with Gasteiger partial charge in [-0.15, -0.1) is 10.2 Å². The Labute approximate surface area is 179 Å². The highest BCUT2D eigenvalue weighted by atomic mass is 32.2. The molecule has 3 aromatic rings. The molecule has 1 heterocycles. The van der Waals surface area contributed by atoms with Crippen LogP contribution in [0.3, 0.4) is 0 Å². The lowest BCUT2D eigenvalue weighted by Crippen LogP contribution is -2.22. The van der Waals surface area contributed by atoms with Gasteiger partial charge in [0.05, 0.1) is 17.1 Å². The first-order valence-corrected chi connectivity index (χ1v) is 11.5. The van der Waals surface area contributed by atoms with E-state index in [1.54, 1.807) is 13.0 Å². The Morgan fingerprint density at radius 1 is 1.13 bits per heavy atom. The van der Waals surface area contributed by atoms with Crippen molar-refractivity contribution in [3.63, 3.8) is 0 Å². The van der Waals surface area contributed by atoms with Crippen LogP contribution in [0.15, 0.2) is 63.1 Å². The van der Waals surface area contributed by atoms with Gasteiger partial charge in [-0.05, 0) is 30.2 Å². The lowest BCUT2D eigenvalue weighted by molar-refractivity contribution is -0.113. The predicted molar refractivity (Wildman–Crippen MR) is 115 cm³/mol. The summed E-state index contributed by atoms with van der Waals surface area (Å²) in [6, 6.07) is 14.4. The lowest BCUT2D eigenvalue weighted by Gasteiger charge is -2.14. The van der Waals surface area contributed by atoms with E-state index in [1.165, 1.54) is 26.2 Å². The average Bonchev–Trinajstić information content (AvgIpc) is 3.16. The lowest BCUT2D eigenvalue weighted by atomic mass is 10.2. The van der Waals surface area contributed by atoms with Crippen LogP contribution in [0.4, 0.5) is 5.69 Å². The van der Waals surface area contributed by atoms with Crippen molar-refractivity contribution in [1.29, 1.82) is 0 Å². The summed E-state index contributed by atoms with van der Waals surface area (Å²) in [6.07, 6.45) is 0.521. The summed E-state index contributed by atoms with van der Waals surface area (Å²) in [5, 5.41) is 11.0. The Morgan fingerprint density at radius 3 is 2.57 bits per heavy atom. The highest BCUT2D eigenvalue weighted by molar-refractivity contribution is 7.99. The van der Waals surface area contributed by atoms with Crippen LogP contribution >= 0.6 is 11.8 Å². The fourth-order valence-corrected chi connectivity index (χ4v) is 4.07. The molecular formula is C20H22N4O4S2. The minimum atomic E-state index is -3.59. The third-order valence-corrected chi connectivity index (χ3v) is 6.86. The van der Waals surface area contributed by atoms with Crippen molar-refractivity contribution in [3.8, 4) is 0 Å². The van der Waals surface area contributed by atoms with Gasteiger partial charge >= 0.3 is 0 Å². The maximum atomic E-state index is 12.3. The zero-order valence-electron chi connectivity index (χ0n) is 16.8. The molecule has 0 aliphatic heterocycles. The Balaban J connectivity index is 1.60. The Hall–Kier alpha value is -2.69. The van der Waals surface area contributed by atoms with E-state index in [-0.39, 0.29) is 16.6 Å². The number of carbonyl (C=O) groups is 1. The first-order chi connectivity index (χ1) is 14.3. The van der Waals surface area contributed by atoms with Gasteiger partial charge in [0.25, 0.3) is 5.22 Å². The average molecular weight is 447 g/mol. The maximum absolute atomic E-state index is 12.3. The van der Waals surface area contributed by atoms with Crippen molar-refractivity contribution in [3.05, 3.63) is 65.5 Å². The Kier molecular flexibility index (Phi) is 6.91. The number of amides is 1. The van der Waals surface area contributed by atoms with E-state index >= 15 is 0 Å². The number of aromatic nitrogens is 2. The molecule has 0 saturated carbocycles. The highest BCUT2D eigenvalue weighted by Crippen LogP contribution is 2.23. The van der Waals surface area contributed by atoms with Gasteiger partial charge in [0.15, 0.2) is 0 Å². The van der Waals surface area contributed by atoms with Crippen LogP contribution in [-0.4, -0.2) is 48.7 Å². The molecule has 0 aliphatic carbocycles. The quantitative estimate of drug-likeness (QED) is 0.530. The van der Waals surface area contributed by atoms with Crippen molar-refractivity contribution in [2.24, 2.45) is 0 Å². The fraction of sp³-hybridized carbons (Fsp3) is 0.250. The number of hydrogen-bond acceptors (Lipinski definition) is 7. The van der Waals surface area contributed by atoms with Crippen molar-refractivity contribution in [2.45, 2.75) is 23.5 Å². The largest absolute Gasteiger partial charge is 0.416 e. The third-order valence-electron chi connectivity index (χ3n) is 4.23. The molecule has 0 fully saturated rings. The van der Waals surface area contributed by atoms with Crippen LogP contribution in [0.25, 0.3) is 0 Å². The predicted octanol–water partition coefficient (Wildman–Crippen LogP) is 2.95. The van der Waals surface area contributed by atoms with Crippen LogP contribution < -0.4 is 5.32 Å². The van der Waals surface area contributed by atoms with Gasteiger partial charge in [0.1, 0.15) is 0 Å². The molecule has 10 heteroatoms. The molecule has 1 amide bonds. The number of thioether (sulfide) groups is 1. The number of sulfonamides is 1. The van der Waals surface area contributed by atoms with Crippen LogP contribution in [0.5, 0.6) is 0 Å². The molecule has 0 bridgehead atoms. The molecule has 0 saturated heterocycles. The van der Waals surface area contributed by atoms with Gasteiger partial charge in [-0.3, -0.25) is 4.79 Å². The van der Waals surface area contributed by atoms with Crippen LogP contribution in [0.1, 0.15) is 17.0 Å². The Morgan fingerprint density at radius 2 is 1.87 bits per heavy atom. The highest BCUT2D eigenvalue weighted by Gasteiger charge is 2.19. The van der Waals surface area contributed by atoms with Crippen LogP contribution in [-0.2, 0) is 21.2 Å². The summed E-state index contributed by atoms with van der Waals surface area (Å²) in [4.78, 5) is 12.5. The van der Waals surface area contributed by atoms with Crippen molar-refractivity contribution in [2.75, 3.05) is 25.2 Å². The number of nitrogens with one attached hydrogen (secondary N) is 1. The molecule has 0 unspecified atom stereocenters. The standard InChI is InChI=1S/C20H22N4O4S2/c1-14-9-10-16(30(26,27)24(2)3)12-17(14)21-18(25)13-29-20-23-22-19(28-20)11-15-7-5-4-6-8-15/h4-10,12H,11,13H2,1-3H3,(H,21,25). The summed E-state index contributed by atoms with van der Waals surface area (Å²) in [5.41, 5.74) is 2.26. The van der Waals surface area contributed by atoms with E-state index in [9.17, 15) is 13.2 Å². The van der Waals surface area contributed by atoms with E-state index in [1.807, 2.05) is 30.3 Å². The van der Waals surface area contributed by atoms with E-state index < -0.39 is 10.0 Å². The molecular weight excluding hydrogens is 424 g/mol. The number of carbonyl (C=O) groups excluding carboxylic acids is 1. The molecule has 0 radical (unpaired) electrons. The number of aryl methyl sites for hydroxylation is 1. The summed E-state index contributed by atoms with van der Waals surface area (Å²) >= 11 is 1.12. The molecule has 2 aromatic carbocycles. The summed E-state index contributed by atoms with van der Waals surface area (Å²) in [7, 11) is -0.669. The second-order valence-corrected chi connectivity index (χ2v) is 9.80. The van der Waals surface area contributed by atoms with Gasteiger partial charge in [0, 0.05) is 19.8 Å². The van der Waals surface area contributed by atoms with Crippen molar-refractivity contribution < 1.29 is 17.6 Å². The molecule has 0 aliphatic rings. The maximum Gasteiger partial charge on any atom is 0.277 e. The van der Waals surface area contributed by atoms with E-state index in [2.05, 4.69) is 15.5 Å². The zero-order valence-corrected chi connectivity index (χ0v) is 18.5. The topological polar surface area (TPSA) is 105 Å². The third kappa shape index (κ3) is 5.47. The summed E-state index contributed by atoms with van der Waals surface area (Å²) in [5.74, 6) is 0.226. The monoisotopic (exact) mass is 446 g/mol. The van der Waals surface area contributed by atoms with Crippen LogP contribution in [0.2, 0.25) is 0 Å². The number of anilines is 1. The molecule has 1 aromatic heterocycles. The van der Waals surface area contributed by atoms with Crippen molar-refractivity contribution in [1.82, 2.24) is 14.5 Å². The first-order valence-electron chi connectivity index (χ1n) is 9.08. The number of nitrogens with zero attached hydrogens (tertiary/aromatic N) is 3. The summed E-state index contributed by atoms with van der Waals surface area (Å²) < 4.78 is 31.3. The molecule has 8 nitrogen and oxygen atoms in total. The van der Waals surface area contributed by atoms with Gasteiger partial charge in [-0.2, -0.15) is 0 Å². The first kappa shape index (κ1) is 22.0. The zero-order chi connectivity index (χ0) is 21.7. The number of hydrogen-bond donors (Lipinski definition) is 1. The van der Waals surface area contributed by atoms with E-state index in [0.29, 0.717) is 23.2 Å². The van der Waals surface area contributed by atoms with Gasteiger partial charge in [0.2, 0.25) is 21.8 Å². The fourth-order valence-electron chi connectivity index (χ4n) is 2.56. The van der Waals surface area contributed by atoms with Gasteiger partial charge in [-0.25, -0.2) is 12.7 Å². The van der Waals surface area contributed by atoms with Crippen molar-refractivity contribution >= 4 is 33.4 Å². The normalized spacial score (nSPS) is 11.6. The Bertz CT molecular complexity index is 1130. The minimum absolute atomic E-state index is 0.0526. The van der Waals surface area contributed by atoms with E-state index in [4.69, 9.17) is 4.42 Å². The molecule has 1 N–H and O–H groups in total. The molecule has 3 rings (SSSR count). The second kappa shape index (κ2) is 9.41. The SMILES string of the molecule is Cc1ccc(S(=O)(=O)N(C)C)cc1NC(=O)CSc1nnc(Cc2ccccc2)o1. The number of benzene rings is 2. The van der Waals surface area contributed by atoms with Gasteiger partial charge in [-0.1, -0.05) is 48.2 Å². The molecule has 0 spiro atoms. The smallest absolute Gasteiger partial charge is 0.277 e. The van der Waals surface area contributed by atoms with E-state index in [0.717, 1.165) is 27.2 Å². The molecule has 30 heavy (non-hydrogen) atoms. The minimum Gasteiger partial charge on any atom is -0.416 e. The second-order valence-electron chi connectivity index (χ2n) is 6.73. The molecule has 158 valence electrons. The van der Waals surface area contributed by atoms with Crippen LogP contribution in [0, 0.1) is 6.92 Å². The van der Waals surface area contributed by atoms with Gasteiger partial charge < -0.3 is 9.73 Å².